The van der Waals surface area contributed by atoms with Crippen molar-refractivity contribution in [3.05, 3.63) is 41.3 Å². The normalized spacial score (nSPS) is 14.7. The lowest BCUT2D eigenvalue weighted by atomic mass is 10.0. The summed E-state index contributed by atoms with van der Waals surface area (Å²) >= 11 is 1.12. The van der Waals surface area contributed by atoms with E-state index in [0.29, 0.717) is 31.9 Å². The van der Waals surface area contributed by atoms with Crippen LogP contribution in [0.15, 0.2) is 39.9 Å². The first-order valence-corrected chi connectivity index (χ1v) is 11.4. The Morgan fingerprint density at radius 2 is 1.93 bits per heavy atom. The second kappa shape index (κ2) is 8.93. The molecule has 7 nitrogen and oxygen atoms in total. The van der Waals surface area contributed by atoms with E-state index >= 15 is 0 Å². The van der Waals surface area contributed by atoms with E-state index in [2.05, 4.69) is 10.0 Å². The molecule has 1 aromatic carbocycles. The Kier molecular flexibility index (Phi) is 6.58. The Bertz CT molecular complexity index is 910. The van der Waals surface area contributed by atoms with Crippen LogP contribution in [0.25, 0.3) is 0 Å². The van der Waals surface area contributed by atoms with Crippen LogP contribution in [-0.2, 0) is 21.2 Å². The molecule has 152 valence electrons. The number of carbonyl (C=O) groups is 1. The van der Waals surface area contributed by atoms with Crippen LogP contribution in [0.4, 0.5) is 0 Å². The third kappa shape index (κ3) is 5.03. The molecule has 0 saturated carbocycles. The number of benzene rings is 1. The molecule has 0 bridgehead atoms. The van der Waals surface area contributed by atoms with Crippen LogP contribution in [0.5, 0.6) is 11.5 Å². The monoisotopic (exact) mass is 424 g/mol. The predicted molar refractivity (Wildman–Crippen MR) is 107 cm³/mol. The summed E-state index contributed by atoms with van der Waals surface area (Å²) in [6, 6.07) is 8.03. The maximum absolute atomic E-state index is 12.6. The van der Waals surface area contributed by atoms with Crippen LogP contribution in [0, 0.1) is 5.92 Å². The molecule has 2 heterocycles. The van der Waals surface area contributed by atoms with E-state index in [-0.39, 0.29) is 16.0 Å². The SMILES string of the molecule is CC(C)C(NS(=O)(=O)c1cccs1)C(=O)NCCc1ccc2c(c1)OCCO2. The van der Waals surface area contributed by atoms with Gasteiger partial charge >= 0.3 is 0 Å². The Balaban J connectivity index is 1.57. The molecule has 3 rings (SSSR count). The van der Waals surface area contributed by atoms with E-state index < -0.39 is 16.1 Å². The number of carbonyl (C=O) groups excluding carboxylic acids is 1. The maximum atomic E-state index is 12.6. The minimum Gasteiger partial charge on any atom is -0.486 e. The fourth-order valence-corrected chi connectivity index (χ4v) is 5.17. The number of fused-ring (bicyclic) bond motifs is 1. The number of hydrogen-bond acceptors (Lipinski definition) is 6. The smallest absolute Gasteiger partial charge is 0.250 e. The van der Waals surface area contributed by atoms with Crippen molar-refractivity contribution in [2.45, 2.75) is 30.5 Å². The van der Waals surface area contributed by atoms with Crippen molar-refractivity contribution >= 4 is 27.3 Å². The van der Waals surface area contributed by atoms with Gasteiger partial charge in [0.25, 0.3) is 10.0 Å². The molecule has 9 heteroatoms. The zero-order chi connectivity index (χ0) is 20.1. The highest BCUT2D eigenvalue weighted by Gasteiger charge is 2.28. The number of amides is 1. The third-order valence-corrected chi connectivity index (χ3v) is 7.15. The van der Waals surface area contributed by atoms with Crippen molar-refractivity contribution in [3.63, 3.8) is 0 Å². The van der Waals surface area contributed by atoms with Crippen molar-refractivity contribution < 1.29 is 22.7 Å². The summed E-state index contributed by atoms with van der Waals surface area (Å²) in [5.41, 5.74) is 1.00. The minimum atomic E-state index is -3.72. The molecule has 2 N–H and O–H groups in total. The summed E-state index contributed by atoms with van der Waals surface area (Å²) < 4.78 is 38.7. The zero-order valence-electron chi connectivity index (χ0n) is 15.8. The van der Waals surface area contributed by atoms with E-state index in [9.17, 15) is 13.2 Å². The molecule has 1 amide bonds. The van der Waals surface area contributed by atoms with E-state index in [1.165, 1.54) is 6.07 Å². The second-order valence-electron chi connectivity index (χ2n) is 6.79. The topological polar surface area (TPSA) is 93.7 Å². The van der Waals surface area contributed by atoms with Gasteiger partial charge in [-0.25, -0.2) is 8.42 Å². The van der Waals surface area contributed by atoms with Crippen molar-refractivity contribution in [1.29, 1.82) is 0 Å². The van der Waals surface area contributed by atoms with Crippen molar-refractivity contribution in [3.8, 4) is 11.5 Å². The summed E-state index contributed by atoms with van der Waals surface area (Å²) in [7, 11) is -3.72. The van der Waals surface area contributed by atoms with Gasteiger partial charge in [-0.1, -0.05) is 26.0 Å². The molecule has 2 aromatic rings. The number of nitrogens with one attached hydrogen (secondary N) is 2. The van der Waals surface area contributed by atoms with Gasteiger partial charge in [-0.15, -0.1) is 11.3 Å². The predicted octanol–water partition coefficient (Wildman–Crippen LogP) is 2.18. The highest BCUT2D eigenvalue weighted by atomic mass is 32.2. The number of hydrogen-bond donors (Lipinski definition) is 2. The Morgan fingerprint density at radius 1 is 1.18 bits per heavy atom. The van der Waals surface area contributed by atoms with E-state index in [1.807, 2.05) is 32.0 Å². The van der Waals surface area contributed by atoms with E-state index in [1.54, 1.807) is 11.4 Å². The molecule has 1 aromatic heterocycles. The Hall–Kier alpha value is -2.10. The fraction of sp³-hybridized carbons (Fsp3) is 0.421. The molecule has 0 fully saturated rings. The number of rotatable bonds is 8. The molecule has 1 unspecified atom stereocenters. The van der Waals surface area contributed by atoms with Gasteiger partial charge in [0.2, 0.25) is 5.91 Å². The second-order valence-corrected chi connectivity index (χ2v) is 9.68. The molecule has 28 heavy (non-hydrogen) atoms. The molecule has 0 radical (unpaired) electrons. The lowest BCUT2D eigenvalue weighted by Gasteiger charge is -2.21. The lowest BCUT2D eigenvalue weighted by Crippen LogP contribution is -2.49. The van der Waals surface area contributed by atoms with Crippen molar-refractivity contribution in [2.24, 2.45) is 5.92 Å². The molecule has 1 aliphatic heterocycles. The first-order chi connectivity index (χ1) is 13.4. The van der Waals surface area contributed by atoms with Gasteiger partial charge in [0.15, 0.2) is 11.5 Å². The molecular formula is C19H24N2O5S2. The zero-order valence-corrected chi connectivity index (χ0v) is 17.4. The van der Waals surface area contributed by atoms with Gasteiger partial charge in [-0.3, -0.25) is 4.79 Å². The quantitative estimate of drug-likeness (QED) is 0.678. The van der Waals surface area contributed by atoms with Crippen LogP contribution in [0.2, 0.25) is 0 Å². The van der Waals surface area contributed by atoms with Crippen molar-refractivity contribution in [1.82, 2.24) is 10.0 Å². The molecule has 1 atom stereocenters. The summed E-state index contributed by atoms with van der Waals surface area (Å²) in [6.07, 6.45) is 0.602. The average Bonchev–Trinajstić information content (AvgIpc) is 3.21. The number of thiophene rings is 1. The van der Waals surface area contributed by atoms with Gasteiger partial charge in [-0.2, -0.15) is 4.72 Å². The van der Waals surface area contributed by atoms with Gasteiger partial charge in [0.05, 0.1) is 0 Å². The van der Waals surface area contributed by atoms with E-state index in [4.69, 9.17) is 9.47 Å². The van der Waals surface area contributed by atoms with Crippen LogP contribution in [0.3, 0.4) is 0 Å². The summed E-state index contributed by atoms with van der Waals surface area (Å²) in [5.74, 6) is 0.900. The number of sulfonamides is 1. The van der Waals surface area contributed by atoms with Gasteiger partial charge in [0, 0.05) is 6.54 Å². The Labute approximate surface area is 169 Å². The fourth-order valence-electron chi connectivity index (χ4n) is 2.82. The van der Waals surface area contributed by atoms with Gasteiger partial charge in [-0.05, 0) is 41.5 Å². The first kappa shape index (κ1) is 20.6. The highest BCUT2D eigenvalue weighted by Crippen LogP contribution is 2.30. The third-order valence-electron chi connectivity index (χ3n) is 4.31. The summed E-state index contributed by atoms with van der Waals surface area (Å²) in [6.45, 7) is 5.07. The van der Waals surface area contributed by atoms with Crippen LogP contribution >= 0.6 is 11.3 Å². The van der Waals surface area contributed by atoms with Gasteiger partial charge in [0.1, 0.15) is 23.5 Å². The summed E-state index contributed by atoms with van der Waals surface area (Å²) in [5, 5.41) is 4.51. The Morgan fingerprint density at radius 3 is 2.61 bits per heavy atom. The van der Waals surface area contributed by atoms with Crippen molar-refractivity contribution in [2.75, 3.05) is 19.8 Å². The molecule has 0 aliphatic carbocycles. The summed E-state index contributed by atoms with van der Waals surface area (Å²) in [4.78, 5) is 12.6. The van der Waals surface area contributed by atoms with Crippen LogP contribution < -0.4 is 19.5 Å². The molecule has 1 aliphatic rings. The minimum absolute atomic E-state index is 0.191. The average molecular weight is 425 g/mol. The molecular weight excluding hydrogens is 400 g/mol. The van der Waals surface area contributed by atoms with E-state index in [0.717, 1.165) is 22.6 Å². The lowest BCUT2D eigenvalue weighted by molar-refractivity contribution is -0.123. The molecule has 0 spiro atoms. The van der Waals surface area contributed by atoms with Crippen LogP contribution in [-0.4, -0.2) is 40.1 Å². The highest BCUT2D eigenvalue weighted by molar-refractivity contribution is 7.91. The van der Waals surface area contributed by atoms with Gasteiger partial charge < -0.3 is 14.8 Å². The number of ether oxygens (including phenoxy) is 2. The van der Waals surface area contributed by atoms with Crippen LogP contribution in [0.1, 0.15) is 19.4 Å². The standard InChI is InChI=1S/C19H24N2O5S2/c1-13(2)18(21-28(23,24)17-4-3-11-27-17)19(22)20-8-7-14-5-6-15-16(12-14)26-10-9-25-15/h3-6,11-13,18,21H,7-10H2,1-2H3,(H,20,22). The largest absolute Gasteiger partial charge is 0.486 e. The first-order valence-electron chi connectivity index (χ1n) is 9.09. The molecule has 0 saturated heterocycles. The maximum Gasteiger partial charge on any atom is 0.250 e.